The third kappa shape index (κ3) is 4.82. The van der Waals surface area contributed by atoms with Gasteiger partial charge in [0.1, 0.15) is 0 Å². The molecule has 0 saturated carbocycles. The van der Waals surface area contributed by atoms with Gasteiger partial charge in [0.25, 0.3) is 0 Å². The molecule has 3 rings (SSSR count). The number of aryl methyl sites for hydroxylation is 1. The molecule has 5 nitrogen and oxygen atoms in total. The van der Waals surface area contributed by atoms with Crippen LogP contribution >= 0.6 is 0 Å². The molecule has 0 fully saturated rings. The highest BCUT2D eigenvalue weighted by Gasteiger charge is 2.07. The van der Waals surface area contributed by atoms with E-state index in [4.69, 9.17) is 9.47 Å². The van der Waals surface area contributed by atoms with Gasteiger partial charge in [0.15, 0.2) is 11.5 Å². The fourth-order valence-corrected chi connectivity index (χ4v) is 2.90. The van der Waals surface area contributed by atoms with Crippen LogP contribution in [0, 0.1) is 6.92 Å². The van der Waals surface area contributed by atoms with Crippen molar-refractivity contribution in [2.75, 3.05) is 24.9 Å². The molecular formula is C23H24N2O3. The predicted octanol–water partition coefficient (Wildman–Crippen LogP) is 4.94. The van der Waals surface area contributed by atoms with E-state index in [1.54, 1.807) is 14.2 Å². The van der Waals surface area contributed by atoms with Crippen LogP contribution in [0.4, 0.5) is 17.1 Å². The van der Waals surface area contributed by atoms with E-state index in [2.05, 4.69) is 10.6 Å². The Morgan fingerprint density at radius 1 is 0.821 bits per heavy atom. The standard InChI is InChI=1S/C23H24N2O3/c1-16-6-4-5-7-17(16)14-23(26)25-19-10-8-18(9-11-19)24-20-12-13-21(27-2)22(15-20)28-3/h4-13,15,24H,14H2,1-3H3,(H,25,26). The Morgan fingerprint density at radius 2 is 1.46 bits per heavy atom. The zero-order chi connectivity index (χ0) is 19.9. The van der Waals surface area contributed by atoms with Crippen LogP contribution in [-0.2, 0) is 11.2 Å². The third-order valence-electron chi connectivity index (χ3n) is 4.45. The zero-order valence-corrected chi connectivity index (χ0v) is 16.3. The summed E-state index contributed by atoms with van der Waals surface area (Å²) in [7, 11) is 3.22. The van der Waals surface area contributed by atoms with Gasteiger partial charge < -0.3 is 20.1 Å². The van der Waals surface area contributed by atoms with E-state index in [-0.39, 0.29) is 5.91 Å². The molecular weight excluding hydrogens is 352 g/mol. The Kier molecular flexibility index (Phi) is 6.17. The first-order valence-corrected chi connectivity index (χ1v) is 9.02. The first-order chi connectivity index (χ1) is 13.6. The second-order valence-electron chi connectivity index (χ2n) is 6.42. The Balaban J connectivity index is 1.62. The summed E-state index contributed by atoms with van der Waals surface area (Å²) in [5.41, 5.74) is 4.70. The van der Waals surface area contributed by atoms with E-state index >= 15 is 0 Å². The van der Waals surface area contributed by atoms with E-state index in [1.165, 1.54) is 0 Å². The molecule has 28 heavy (non-hydrogen) atoms. The van der Waals surface area contributed by atoms with E-state index < -0.39 is 0 Å². The first kappa shape index (κ1) is 19.3. The van der Waals surface area contributed by atoms with E-state index in [0.29, 0.717) is 17.9 Å². The largest absolute Gasteiger partial charge is 0.493 e. The van der Waals surface area contributed by atoms with E-state index in [0.717, 1.165) is 28.2 Å². The van der Waals surface area contributed by atoms with Crippen molar-refractivity contribution in [1.82, 2.24) is 0 Å². The normalized spacial score (nSPS) is 10.2. The minimum atomic E-state index is -0.0325. The number of carbonyl (C=O) groups is 1. The number of carbonyl (C=O) groups excluding carboxylic acids is 1. The number of anilines is 3. The molecule has 2 N–H and O–H groups in total. The molecule has 0 aliphatic heterocycles. The maximum Gasteiger partial charge on any atom is 0.228 e. The smallest absolute Gasteiger partial charge is 0.228 e. The summed E-state index contributed by atoms with van der Waals surface area (Å²) in [5.74, 6) is 1.31. The summed E-state index contributed by atoms with van der Waals surface area (Å²) in [6.45, 7) is 2.01. The van der Waals surface area contributed by atoms with Crippen molar-refractivity contribution in [1.29, 1.82) is 0 Å². The van der Waals surface area contributed by atoms with Crippen LogP contribution in [0.1, 0.15) is 11.1 Å². The van der Waals surface area contributed by atoms with Gasteiger partial charge in [0, 0.05) is 23.1 Å². The van der Waals surface area contributed by atoms with Crippen LogP contribution in [0.2, 0.25) is 0 Å². The zero-order valence-electron chi connectivity index (χ0n) is 16.3. The van der Waals surface area contributed by atoms with Gasteiger partial charge in [0.05, 0.1) is 20.6 Å². The summed E-state index contributed by atoms with van der Waals surface area (Å²) < 4.78 is 10.6. The number of benzene rings is 3. The Hall–Kier alpha value is -3.47. The van der Waals surface area contributed by atoms with Gasteiger partial charge in [0.2, 0.25) is 5.91 Å². The molecule has 1 amide bonds. The monoisotopic (exact) mass is 376 g/mol. The maximum atomic E-state index is 12.3. The van der Waals surface area contributed by atoms with Crippen LogP contribution in [0.25, 0.3) is 0 Å². The van der Waals surface area contributed by atoms with Crippen LogP contribution in [-0.4, -0.2) is 20.1 Å². The lowest BCUT2D eigenvalue weighted by Gasteiger charge is -2.12. The first-order valence-electron chi connectivity index (χ1n) is 9.02. The van der Waals surface area contributed by atoms with Gasteiger partial charge >= 0.3 is 0 Å². The average Bonchev–Trinajstić information content (AvgIpc) is 2.71. The molecule has 0 heterocycles. The molecule has 3 aromatic carbocycles. The van der Waals surface area contributed by atoms with Gasteiger partial charge in [-0.2, -0.15) is 0 Å². The fraction of sp³-hybridized carbons (Fsp3) is 0.174. The van der Waals surface area contributed by atoms with Crippen molar-refractivity contribution in [3.63, 3.8) is 0 Å². The van der Waals surface area contributed by atoms with Gasteiger partial charge in [-0.05, 0) is 54.4 Å². The molecule has 0 aliphatic carbocycles. The second kappa shape index (κ2) is 8.95. The van der Waals surface area contributed by atoms with Gasteiger partial charge in [-0.25, -0.2) is 0 Å². The minimum absolute atomic E-state index is 0.0325. The summed E-state index contributed by atoms with van der Waals surface area (Å²) in [6.07, 6.45) is 0.359. The van der Waals surface area contributed by atoms with E-state index in [1.807, 2.05) is 73.7 Å². The Labute approximate surface area is 165 Å². The minimum Gasteiger partial charge on any atom is -0.493 e. The maximum absolute atomic E-state index is 12.3. The Morgan fingerprint density at radius 3 is 2.14 bits per heavy atom. The fourth-order valence-electron chi connectivity index (χ4n) is 2.90. The van der Waals surface area contributed by atoms with Crippen molar-refractivity contribution in [3.05, 3.63) is 77.9 Å². The lowest BCUT2D eigenvalue weighted by atomic mass is 10.1. The molecule has 0 atom stereocenters. The van der Waals surface area contributed by atoms with Crippen molar-refractivity contribution in [2.45, 2.75) is 13.3 Å². The highest BCUT2D eigenvalue weighted by molar-refractivity contribution is 5.92. The Bertz CT molecular complexity index is 952. The molecule has 0 aromatic heterocycles. The van der Waals surface area contributed by atoms with Crippen molar-refractivity contribution < 1.29 is 14.3 Å². The highest BCUT2D eigenvalue weighted by atomic mass is 16.5. The van der Waals surface area contributed by atoms with Crippen molar-refractivity contribution in [2.24, 2.45) is 0 Å². The molecule has 0 saturated heterocycles. The average molecular weight is 376 g/mol. The molecule has 0 radical (unpaired) electrons. The molecule has 3 aromatic rings. The van der Waals surface area contributed by atoms with Crippen LogP contribution in [0.5, 0.6) is 11.5 Å². The van der Waals surface area contributed by atoms with Crippen molar-refractivity contribution >= 4 is 23.0 Å². The summed E-state index contributed by atoms with van der Waals surface area (Å²) >= 11 is 0. The SMILES string of the molecule is COc1ccc(Nc2ccc(NC(=O)Cc3ccccc3C)cc2)cc1OC. The predicted molar refractivity (Wildman–Crippen MR) is 113 cm³/mol. The lowest BCUT2D eigenvalue weighted by Crippen LogP contribution is -2.14. The quantitative estimate of drug-likeness (QED) is 0.613. The molecule has 144 valence electrons. The number of hydrogen-bond donors (Lipinski definition) is 2. The van der Waals surface area contributed by atoms with Crippen molar-refractivity contribution in [3.8, 4) is 11.5 Å². The van der Waals surface area contributed by atoms with Gasteiger partial charge in [-0.15, -0.1) is 0 Å². The summed E-state index contributed by atoms with van der Waals surface area (Å²) in [5, 5.41) is 6.25. The van der Waals surface area contributed by atoms with E-state index in [9.17, 15) is 4.79 Å². The van der Waals surface area contributed by atoms with Gasteiger partial charge in [-0.3, -0.25) is 4.79 Å². The van der Waals surface area contributed by atoms with Gasteiger partial charge in [-0.1, -0.05) is 24.3 Å². The molecule has 5 heteroatoms. The van der Waals surface area contributed by atoms with Crippen LogP contribution < -0.4 is 20.1 Å². The number of hydrogen-bond acceptors (Lipinski definition) is 4. The van der Waals surface area contributed by atoms with Crippen LogP contribution in [0.3, 0.4) is 0 Å². The number of ether oxygens (including phenoxy) is 2. The molecule has 0 aliphatic rings. The number of methoxy groups -OCH3 is 2. The number of amides is 1. The third-order valence-corrected chi connectivity index (χ3v) is 4.45. The molecule has 0 bridgehead atoms. The number of rotatable bonds is 7. The molecule has 0 spiro atoms. The topological polar surface area (TPSA) is 59.6 Å². The summed E-state index contributed by atoms with van der Waals surface area (Å²) in [6, 6.07) is 21.1. The summed E-state index contributed by atoms with van der Waals surface area (Å²) in [4.78, 5) is 12.3. The molecule has 0 unspecified atom stereocenters. The second-order valence-corrected chi connectivity index (χ2v) is 6.42. The lowest BCUT2D eigenvalue weighted by molar-refractivity contribution is -0.115. The van der Waals surface area contributed by atoms with Crippen LogP contribution in [0.15, 0.2) is 66.7 Å². The highest BCUT2D eigenvalue weighted by Crippen LogP contribution is 2.31. The number of nitrogens with one attached hydrogen (secondary N) is 2.